The average molecular weight is 232 g/mol. The highest BCUT2D eigenvalue weighted by Crippen LogP contribution is 2.11. The van der Waals surface area contributed by atoms with Gasteiger partial charge >= 0.3 is 0 Å². The van der Waals surface area contributed by atoms with Crippen LogP contribution in [0.25, 0.3) is 0 Å². The normalized spacial score (nSPS) is 12.6. The van der Waals surface area contributed by atoms with E-state index in [4.69, 9.17) is 11.5 Å². The Morgan fingerprint density at radius 3 is 2.53 bits per heavy atom. The van der Waals surface area contributed by atoms with Gasteiger partial charge in [-0.3, -0.25) is 0 Å². The Balaban J connectivity index is 3.02. The van der Waals surface area contributed by atoms with Crippen molar-refractivity contribution in [2.24, 2.45) is 16.5 Å². The van der Waals surface area contributed by atoms with E-state index in [1.165, 1.54) is 0 Å². The van der Waals surface area contributed by atoms with E-state index in [9.17, 15) is 0 Å². The van der Waals surface area contributed by atoms with E-state index in [2.05, 4.69) is 11.9 Å². The molecule has 4 N–H and O–H groups in total. The number of benzene rings is 1. The van der Waals surface area contributed by atoms with Gasteiger partial charge in [0.2, 0.25) is 0 Å². The highest BCUT2D eigenvalue weighted by molar-refractivity contribution is 5.95. The van der Waals surface area contributed by atoms with Crippen LogP contribution in [0.4, 0.5) is 5.69 Å². The molecule has 0 heterocycles. The number of rotatable bonds is 4. The molecule has 0 saturated carbocycles. The lowest BCUT2D eigenvalue weighted by Gasteiger charge is -2.17. The van der Waals surface area contributed by atoms with Gasteiger partial charge in [-0.2, -0.15) is 0 Å². The molecule has 1 aromatic rings. The molecule has 0 atom stereocenters. The van der Waals surface area contributed by atoms with Gasteiger partial charge in [-0.1, -0.05) is 18.2 Å². The van der Waals surface area contributed by atoms with Crippen LogP contribution < -0.4 is 11.5 Å². The molecule has 4 heteroatoms. The Labute approximate surface area is 103 Å². The van der Waals surface area contributed by atoms with Crippen LogP contribution in [0.2, 0.25) is 0 Å². The quantitative estimate of drug-likeness (QED) is 0.610. The van der Waals surface area contributed by atoms with Crippen molar-refractivity contribution in [2.75, 3.05) is 20.1 Å². The summed E-state index contributed by atoms with van der Waals surface area (Å²) in [4.78, 5) is 6.57. The van der Waals surface area contributed by atoms with Crippen LogP contribution >= 0.6 is 0 Å². The van der Waals surface area contributed by atoms with Crippen molar-refractivity contribution in [3.63, 3.8) is 0 Å². The molecule has 0 radical (unpaired) electrons. The molecule has 92 valence electrons. The minimum absolute atomic E-state index is 0.339. The van der Waals surface area contributed by atoms with Gasteiger partial charge in [0.05, 0.1) is 5.69 Å². The molecule has 0 amide bonds. The summed E-state index contributed by atoms with van der Waals surface area (Å²) in [5.41, 5.74) is 12.8. The van der Waals surface area contributed by atoms with Crippen molar-refractivity contribution >= 4 is 11.5 Å². The highest BCUT2D eigenvalue weighted by atomic mass is 15.2. The third-order valence-electron chi connectivity index (χ3n) is 2.42. The van der Waals surface area contributed by atoms with Gasteiger partial charge in [-0.15, -0.1) is 0 Å². The van der Waals surface area contributed by atoms with Gasteiger partial charge < -0.3 is 16.4 Å². The summed E-state index contributed by atoms with van der Waals surface area (Å²) in [5, 5.41) is 0. The fraction of sp³-hybridized carbons (Fsp3) is 0.308. The SMILES string of the molecule is CCN(C)C(C=C(N)CN)=Nc1ccccc1. The topological polar surface area (TPSA) is 67.6 Å². The number of aliphatic imine (C=N–C) groups is 1. The number of likely N-dealkylation sites (N-methyl/N-ethyl adjacent to an activating group) is 1. The molecule has 0 aliphatic carbocycles. The minimum atomic E-state index is 0.339. The molecule has 0 aromatic heterocycles. The minimum Gasteiger partial charge on any atom is -0.401 e. The summed E-state index contributed by atoms with van der Waals surface area (Å²) in [7, 11) is 1.97. The first-order valence-electron chi connectivity index (χ1n) is 5.68. The van der Waals surface area contributed by atoms with Crippen molar-refractivity contribution in [1.29, 1.82) is 0 Å². The predicted octanol–water partition coefficient (Wildman–Crippen LogP) is 1.47. The largest absolute Gasteiger partial charge is 0.401 e. The standard InChI is InChI=1S/C13H20N4/c1-3-17(2)13(9-11(15)10-14)16-12-7-5-4-6-8-12/h4-9H,3,10,14-15H2,1-2H3. The van der Waals surface area contributed by atoms with Gasteiger partial charge in [0.15, 0.2) is 0 Å². The van der Waals surface area contributed by atoms with E-state index in [0.29, 0.717) is 12.2 Å². The molecule has 0 spiro atoms. The Kier molecular flexibility index (Phi) is 5.23. The molecular formula is C13H20N4. The number of para-hydroxylation sites is 1. The van der Waals surface area contributed by atoms with Gasteiger partial charge in [0, 0.05) is 31.9 Å². The second-order valence-electron chi connectivity index (χ2n) is 3.74. The van der Waals surface area contributed by atoms with Crippen LogP contribution in [0.3, 0.4) is 0 Å². The Morgan fingerprint density at radius 2 is 2.00 bits per heavy atom. The van der Waals surface area contributed by atoms with Gasteiger partial charge in [-0.05, 0) is 19.1 Å². The zero-order chi connectivity index (χ0) is 12.7. The second kappa shape index (κ2) is 6.70. The van der Waals surface area contributed by atoms with Gasteiger partial charge in [0.25, 0.3) is 0 Å². The average Bonchev–Trinajstić information content (AvgIpc) is 2.38. The summed E-state index contributed by atoms with van der Waals surface area (Å²) >= 11 is 0. The van der Waals surface area contributed by atoms with E-state index in [-0.39, 0.29) is 0 Å². The third kappa shape index (κ3) is 4.28. The van der Waals surface area contributed by atoms with Gasteiger partial charge in [0.1, 0.15) is 5.84 Å². The summed E-state index contributed by atoms with van der Waals surface area (Å²) in [6.07, 6.45) is 1.82. The van der Waals surface area contributed by atoms with Crippen molar-refractivity contribution in [3.05, 3.63) is 42.1 Å². The third-order valence-corrected chi connectivity index (χ3v) is 2.42. The zero-order valence-corrected chi connectivity index (χ0v) is 10.4. The monoisotopic (exact) mass is 232 g/mol. The molecular weight excluding hydrogens is 212 g/mol. The lowest BCUT2D eigenvalue weighted by atomic mass is 10.3. The molecule has 0 aliphatic rings. The Bertz CT molecular complexity index is 395. The van der Waals surface area contributed by atoms with Crippen molar-refractivity contribution in [2.45, 2.75) is 6.92 Å². The first kappa shape index (κ1) is 13.3. The molecule has 0 saturated heterocycles. The number of hydrogen-bond donors (Lipinski definition) is 2. The van der Waals surface area contributed by atoms with E-state index >= 15 is 0 Å². The summed E-state index contributed by atoms with van der Waals surface area (Å²) in [6, 6.07) is 9.79. The lowest BCUT2D eigenvalue weighted by Crippen LogP contribution is -2.26. The summed E-state index contributed by atoms with van der Waals surface area (Å²) in [6.45, 7) is 3.26. The van der Waals surface area contributed by atoms with Crippen LogP contribution in [-0.2, 0) is 0 Å². The van der Waals surface area contributed by atoms with E-state index in [1.54, 1.807) is 0 Å². The molecule has 1 aromatic carbocycles. The summed E-state index contributed by atoms with van der Waals surface area (Å²) < 4.78 is 0. The molecule has 0 unspecified atom stereocenters. The van der Waals surface area contributed by atoms with Crippen molar-refractivity contribution in [1.82, 2.24) is 4.90 Å². The Morgan fingerprint density at radius 1 is 1.35 bits per heavy atom. The first-order valence-corrected chi connectivity index (χ1v) is 5.68. The van der Waals surface area contributed by atoms with Crippen LogP contribution in [0.15, 0.2) is 47.1 Å². The van der Waals surface area contributed by atoms with E-state index in [1.807, 2.05) is 48.4 Å². The van der Waals surface area contributed by atoms with E-state index in [0.717, 1.165) is 18.1 Å². The maximum absolute atomic E-state index is 5.75. The molecule has 17 heavy (non-hydrogen) atoms. The molecule has 4 nitrogen and oxygen atoms in total. The number of nitrogens with zero attached hydrogens (tertiary/aromatic N) is 2. The molecule has 0 fully saturated rings. The Hall–Kier alpha value is -1.81. The summed E-state index contributed by atoms with van der Waals surface area (Å²) in [5.74, 6) is 0.821. The maximum atomic E-state index is 5.75. The number of hydrogen-bond acceptors (Lipinski definition) is 3. The second-order valence-corrected chi connectivity index (χ2v) is 3.74. The number of nitrogens with two attached hydrogens (primary N) is 2. The number of amidine groups is 1. The van der Waals surface area contributed by atoms with Crippen LogP contribution in [-0.4, -0.2) is 30.9 Å². The van der Waals surface area contributed by atoms with Gasteiger partial charge in [-0.25, -0.2) is 4.99 Å². The van der Waals surface area contributed by atoms with Crippen molar-refractivity contribution in [3.8, 4) is 0 Å². The first-order chi connectivity index (χ1) is 8.17. The molecule has 1 rings (SSSR count). The van der Waals surface area contributed by atoms with Crippen molar-refractivity contribution < 1.29 is 0 Å². The van der Waals surface area contributed by atoms with Crippen LogP contribution in [0.1, 0.15) is 6.92 Å². The highest BCUT2D eigenvalue weighted by Gasteiger charge is 2.02. The fourth-order valence-electron chi connectivity index (χ4n) is 1.25. The lowest BCUT2D eigenvalue weighted by molar-refractivity contribution is 0.538. The zero-order valence-electron chi connectivity index (χ0n) is 10.4. The molecule has 0 aliphatic heterocycles. The fourth-order valence-corrected chi connectivity index (χ4v) is 1.25. The van der Waals surface area contributed by atoms with Crippen LogP contribution in [0.5, 0.6) is 0 Å². The molecule has 0 bridgehead atoms. The van der Waals surface area contributed by atoms with Crippen LogP contribution in [0, 0.1) is 0 Å². The van der Waals surface area contributed by atoms with E-state index < -0.39 is 0 Å². The maximum Gasteiger partial charge on any atom is 0.130 e. The predicted molar refractivity (Wildman–Crippen MR) is 73.2 cm³/mol. The smallest absolute Gasteiger partial charge is 0.130 e.